The van der Waals surface area contributed by atoms with Crippen LogP contribution in [0.15, 0.2) is 40.8 Å². The fourth-order valence-electron chi connectivity index (χ4n) is 3.04. The molecule has 0 atom stereocenters. The molecule has 0 N–H and O–H groups in total. The zero-order valence-electron chi connectivity index (χ0n) is 13.9. The van der Waals surface area contributed by atoms with Crippen LogP contribution < -0.4 is 4.90 Å². The van der Waals surface area contributed by atoms with E-state index in [1.54, 1.807) is 6.07 Å². The molecule has 1 aromatic carbocycles. The number of hydrogen-bond donors (Lipinski definition) is 0. The van der Waals surface area contributed by atoms with E-state index in [2.05, 4.69) is 11.0 Å². The lowest BCUT2D eigenvalue weighted by molar-refractivity contribution is 0.0733. The van der Waals surface area contributed by atoms with Crippen LogP contribution in [0.3, 0.4) is 0 Å². The largest absolute Gasteiger partial charge is 0.456 e. The van der Waals surface area contributed by atoms with Gasteiger partial charge in [-0.15, -0.1) is 0 Å². The Labute approximate surface area is 142 Å². The molecule has 124 valence electrons. The Balaban J connectivity index is 1.71. The monoisotopic (exact) mass is 323 g/mol. The molecule has 1 aliphatic rings. The number of benzene rings is 1. The molecule has 1 fully saturated rings. The van der Waals surface area contributed by atoms with Crippen LogP contribution in [0.5, 0.6) is 0 Å². The van der Waals surface area contributed by atoms with Gasteiger partial charge in [0.2, 0.25) is 0 Å². The second-order valence-corrected chi connectivity index (χ2v) is 5.88. The van der Waals surface area contributed by atoms with E-state index >= 15 is 0 Å². The zero-order chi connectivity index (χ0) is 16.9. The fourth-order valence-corrected chi connectivity index (χ4v) is 3.04. The van der Waals surface area contributed by atoms with Gasteiger partial charge in [-0.05, 0) is 30.7 Å². The Morgan fingerprint density at radius 1 is 1.17 bits per heavy atom. The summed E-state index contributed by atoms with van der Waals surface area (Å²) < 4.78 is 5.59. The zero-order valence-corrected chi connectivity index (χ0v) is 13.9. The van der Waals surface area contributed by atoms with Crippen LogP contribution in [0.25, 0.3) is 0 Å². The van der Waals surface area contributed by atoms with Crippen LogP contribution in [0, 0.1) is 11.3 Å². The molecule has 0 aliphatic carbocycles. The van der Waals surface area contributed by atoms with E-state index in [1.807, 2.05) is 42.2 Å². The van der Waals surface area contributed by atoms with Crippen LogP contribution in [0.4, 0.5) is 5.69 Å². The SMILES string of the molecule is CCc1ccc(C(=O)N2CCCN(c3ccccc3C#N)CC2)o1. The molecule has 2 heterocycles. The lowest BCUT2D eigenvalue weighted by atomic mass is 10.1. The van der Waals surface area contributed by atoms with E-state index in [4.69, 9.17) is 4.42 Å². The van der Waals surface area contributed by atoms with Gasteiger partial charge in [0, 0.05) is 32.6 Å². The van der Waals surface area contributed by atoms with Gasteiger partial charge < -0.3 is 14.2 Å². The molecule has 1 aliphatic heterocycles. The van der Waals surface area contributed by atoms with Crippen molar-refractivity contribution >= 4 is 11.6 Å². The van der Waals surface area contributed by atoms with E-state index in [1.165, 1.54) is 0 Å². The first-order chi connectivity index (χ1) is 11.7. The standard InChI is InChI=1S/C19H21N3O2/c1-2-16-8-9-18(24-16)19(23)22-11-5-10-21(12-13-22)17-7-4-3-6-15(17)14-20/h3-4,6-9H,2,5,10-13H2,1H3. The maximum Gasteiger partial charge on any atom is 0.289 e. The minimum Gasteiger partial charge on any atom is -0.456 e. The molecule has 5 nitrogen and oxygen atoms in total. The Morgan fingerprint density at radius 3 is 2.75 bits per heavy atom. The Kier molecular flexibility index (Phi) is 4.85. The number of furan rings is 1. The summed E-state index contributed by atoms with van der Waals surface area (Å²) in [5, 5.41) is 9.28. The Hall–Kier alpha value is -2.74. The lowest BCUT2D eigenvalue weighted by Crippen LogP contribution is -2.35. The van der Waals surface area contributed by atoms with Gasteiger partial charge in [0.25, 0.3) is 5.91 Å². The third-order valence-electron chi connectivity index (χ3n) is 4.37. The van der Waals surface area contributed by atoms with Gasteiger partial charge in [0.15, 0.2) is 5.76 Å². The molecular weight excluding hydrogens is 302 g/mol. The normalized spacial score (nSPS) is 15.0. The molecule has 5 heteroatoms. The van der Waals surface area contributed by atoms with Crippen molar-refractivity contribution < 1.29 is 9.21 Å². The van der Waals surface area contributed by atoms with Crippen molar-refractivity contribution in [3.8, 4) is 6.07 Å². The van der Waals surface area contributed by atoms with E-state index in [-0.39, 0.29) is 5.91 Å². The lowest BCUT2D eigenvalue weighted by Gasteiger charge is -2.24. The highest BCUT2D eigenvalue weighted by Crippen LogP contribution is 2.22. The number of aryl methyl sites for hydroxylation is 1. The summed E-state index contributed by atoms with van der Waals surface area (Å²) in [6, 6.07) is 13.5. The molecule has 3 rings (SSSR count). The second-order valence-electron chi connectivity index (χ2n) is 5.88. The number of hydrogen-bond acceptors (Lipinski definition) is 4. The first-order valence-corrected chi connectivity index (χ1v) is 8.35. The van der Waals surface area contributed by atoms with Crippen molar-refractivity contribution in [1.29, 1.82) is 5.26 Å². The van der Waals surface area contributed by atoms with Crippen LogP contribution in [0.1, 0.15) is 35.2 Å². The van der Waals surface area contributed by atoms with Crippen molar-refractivity contribution in [3.63, 3.8) is 0 Å². The molecular formula is C19H21N3O2. The smallest absolute Gasteiger partial charge is 0.289 e. The number of nitriles is 1. The summed E-state index contributed by atoms with van der Waals surface area (Å²) >= 11 is 0. The van der Waals surface area contributed by atoms with Crippen molar-refractivity contribution in [2.75, 3.05) is 31.1 Å². The second kappa shape index (κ2) is 7.22. The van der Waals surface area contributed by atoms with E-state index in [9.17, 15) is 10.1 Å². The van der Waals surface area contributed by atoms with Gasteiger partial charge in [0.1, 0.15) is 11.8 Å². The number of carbonyl (C=O) groups is 1. The maximum atomic E-state index is 12.6. The van der Waals surface area contributed by atoms with Gasteiger partial charge in [-0.3, -0.25) is 4.79 Å². The quantitative estimate of drug-likeness (QED) is 0.871. The Morgan fingerprint density at radius 2 is 2.00 bits per heavy atom. The van der Waals surface area contributed by atoms with Gasteiger partial charge in [-0.1, -0.05) is 19.1 Å². The summed E-state index contributed by atoms with van der Waals surface area (Å²) in [6.07, 6.45) is 1.65. The van der Waals surface area contributed by atoms with Crippen molar-refractivity contribution in [3.05, 3.63) is 53.5 Å². The minimum atomic E-state index is -0.0508. The van der Waals surface area contributed by atoms with E-state index in [0.29, 0.717) is 31.0 Å². The fraction of sp³-hybridized carbons (Fsp3) is 0.368. The van der Waals surface area contributed by atoms with Crippen molar-refractivity contribution in [1.82, 2.24) is 4.90 Å². The molecule has 0 radical (unpaired) electrons. The number of rotatable bonds is 3. The molecule has 0 unspecified atom stereocenters. The summed E-state index contributed by atoms with van der Waals surface area (Å²) in [4.78, 5) is 16.6. The predicted octanol–water partition coefficient (Wildman–Crippen LogP) is 3.07. The summed E-state index contributed by atoms with van der Waals surface area (Å²) in [6.45, 7) is 4.88. The van der Waals surface area contributed by atoms with Crippen LogP contribution in [-0.2, 0) is 6.42 Å². The maximum absolute atomic E-state index is 12.6. The van der Waals surface area contributed by atoms with Gasteiger partial charge >= 0.3 is 0 Å². The number of para-hydroxylation sites is 1. The molecule has 24 heavy (non-hydrogen) atoms. The van der Waals surface area contributed by atoms with Crippen molar-refractivity contribution in [2.45, 2.75) is 19.8 Å². The average molecular weight is 323 g/mol. The predicted molar refractivity (Wildman–Crippen MR) is 92.0 cm³/mol. The highest BCUT2D eigenvalue weighted by atomic mass is 16.4. The first-order valence-electron chi connectivity index (χ1n) is 8.35. The Bertz CT molecular complexity index is 760. The molecule has 0 bridgehead atoms. The highest BCUT2D eigenvalue weighted by Gasteiger charge is 2.23. The van der Waals surface area contributed by atoms with Gasteiger partial charge in [-0.2, -0.15) is 5.26 Å². The third-order valence-corrected chi connectivity index (χ3v) is 4.37. The third kappa shape index (κ3) is 3.28. The number of carbonyl (C=O) groups excluding carboxylic acids is 1. The summed E-state index contributed by atoms with van der Waals surface area (Å²) in [7, 11) is 0. The number of nitrogens with zero attached hydrogens (tertiary/aromatic N) is 3. The van der Waals surface area contributed by atoms with E-state index in [0.717, 1.165) is 30.8 Å². The van der Waals surface area contributed by atoms with Gasteiger partial charge in [0.05, 0.1) is 11.3 Å². The topological polar surface area (TPSA) is 60.5 Å². The minimum absolute atomic E-state index is 0.0508. The first kappa shape index (κ1) is 16.1. The highest BCUT2D eigenvalue weighted by molar-refractivity contribution is 5.91. The summed E-state index contributed by atoms with van der Waals surface area (Å²) in [5.41, 5.74) is 1.62. The van der Waals surface area contributed by atoms with Crippen LogP contribution in [0.2, 0.25) is 0 Å². The molecule has 1 aromatic heterocycles. The molecule has 1 amide bonds. The van der Waals surface area contributed by atoms with E-state index < -0.39 is 0 Å². The summed E-state index contributed by atoms with van der Waals surface area (Å²) in [5.74, 6) is 1.19. The average Bonchev–Trinajstić information content (AvgIpc) is 2.98. The molecule has 0 saturated carbocycles. The molecule has 1 saturated heterocycles. The number of anilines is 1. The number of amides is 1. The molecule has 2 aromatic rings. The van der Waals surface area contributed by atoms with Crippen molar-refractivity contribution in [2.24, 2.45) is 0 Å². The van der Waals surface area contributed by atoms with Crippen LogP contribution >= 0.6 is 0 Å². The molecule has 0 spiro atoms. The van der Waals surface area contributed by atoms with Gasteiger partial charge in [-0.25, -0.2) is 0 Å². The van der Waals surface area contributed by atoms with Crippen LogP contribution in [-0.4, -0.2) is 37.0 Å².